The van der Waals surface area contributed by atoms with E-state index in [4.69, 9.17) is 0 Å². The highest BCUT2D eigenvalue weighted by Gasteiger charge is 2.30. The molecule has 1 aromatic heterocycles. The van der Waals surface area contributed by atoms with Gasteiger partial charge >= 0.3 is 11.8 Å². The fourth-order valence-corrected chi connectivity index (χ4v) is 2.43. The molecule has 0 unspecified atom stereocenters. The van der Waals surface area contributed by atoms with Crippen molar-refractivity contribution in [3.8, 4) is 0 Å². The van der Waals surface area contributed by atoms with Gasteiger partial charge in [0.1, 0.15) is 5.69 Å². The number of carbonyl (C=O) groups is 2. The van der Waals surface area contributed by atoms with Gasteiger partial charge in [-0.25, -0.2) is 0 Å². The molecule has 1 heterocycles. The van der Waals surface area contributed by atoms with Crippen molar-refractivity contribution in [2.24, 2.45) is 7.05 Å². The predicted octanol–water partition coefficient (Wildman–Crippen LogP) is 1.81. The first kappa shape index (κ1) is 18.4. The summed E-state index contributed by atoms with van der Waals surface area (Å²) >= 11 is 0. The Morgan fingerprint density at radius 3 is 2.32 bits per heavy atom. The number of aromatic nitrogens is 1. The maximum Gasteiger partial charge on any atom is 0.313 e. The second-order valence-electron chi connectivity index (χ2n) is 6.57. The molecule has 0 saturated heterocycles. The Morgan fingerprint density at radius 1 is 1.04 bits per heavy atom. The van der Waals surface area contributed by atoms with Crippen LogP contribution in [0.4, 0.5) is 5.69 Å². The third kappa shape index (κ3) is 4.15. The van der Waals surface area contributed by atoms with Crippen molar-refractivity contribution in [1.82, 2.24) is 9.88 Å². The lowest BCUT2D eigenvalue weighted by Crippen LogP contribution is -2.49. The summed E-state index contributed by atoms with van der Waals surface area (Å²) in [6.07, 6.45) is 1.57. The van der Waals surface area contributed by atoms with E-state index < -0.39 is 11.8 Å². The Kier molecular flexibility index (Phi) is 5.41. The average Bonchev–Trinajstić information content (AvgIpc) is 2.59. The molecule has 132 valence electrons. The largest absolute Gasteiger partial charge is 0.344 e. The van der Waals surface area contributed by atoms with Gasteiger partial charge < -0.3 is 15.2 Å². The second kappa shape index (κ2) is 7.34. The number of amides is 2. The van der Waals surface area contributed by atoms with Crippen LogP contribution in [0.15, 0.2) is 53.5 Å². The standard InChI is InChI=1S/C19H23N3O3/c1-13(19(2,3)14-9-6-5-7-10-14)20-16(23)17(24)21-15-11-8-12-22(4)18(15)25/h5-13H,1-4H3,(H,20,23)(H,21,24)/t13-/m1/s1. The number of aryl methyl sites for hydroxylation is 1. The van der Waals surface area contributed by atoms with E-state index in [0.717, 1.165) is 5.56 Å². The Bertz CT molecular complexity index is 825. The number of pyridine rings is 1. The summed E-state index contributed by atoms with van der Waals surface area (Å²) in [7, 11) is 1.57. The maximum absolute atomic E-state index is 12.2. The van der Waals surface area contributed by atoms with Crippen LogP contribution in [0.1, 0.15) is 26.3 Å². The number of rotatable bonds is 4. The van der Waals surface area contributed by atoms with Gasteiger partial charge in [0.25, 0.3) is 5.56 Å². The average molecular weight is 341 g/mol. The van der Waals surface area contributed by atoms with Gasteiger partial charge in [0.15, 0.2) is 0 Å². The highest BCUT2D eigenvalue weighted by molar-refractivity contribution is 6.39. The quantitative estimate of drug-likeness (QED) is 0.832. The Morgan fingerprint density at radius 2 is 1.68 bits per heavy atom. The third-order valence-electron chi connectivity index (χ3n) is 4.53. The minimum atomic E-state index is -0.862. The highest BCUT2D eigenvalue weighted by Crippen LogP contribution is 2.26. The highest BCUT2D eigenvalue weighted by atomic mass is 16.2. The van der Waals surface area contributed by atoms with E-state index in [2.05, 4.69) is 10.6 Å². The first-order valence-corrected chi connectivity index (χ1v) is 8.06. The molecule has 0 spiro atoms. The monoisotopic (exact) mass is 341 g/mol. The van der Waals surface area contributed by atoms with Crippen LogP contribution >= 0.6 is 0 Å². The van der Waals surface area contributed by atoms with Crippen molar-refractivity contribution in [2.45, 2.75) is 32.2 Å². The fraction of sp³-hybridized carbons (Fsp3) is 0.316. The zero-order valence-corrected chi connectivity index (χ0v) is 14.9. The van der Waals surface area contributed by atoms with E-state index in [9.17, 15) is 14.4 Å². The van der Waals surface area contributed by atoms with Gasteiger partial charge in [-0.3, -0.25) is 14.4 Å². The number of hydrogen-bond acceptors (Lipinski definition) is 3. The van der Waals surface area contributed by atoms with Crippen LogP contribution in [0.25, 0.3) is 0 Å². The summed E-state index contributed by atoms with van der Waals surface area (Å²) in [5, 5.41) is 5.08. The lowest BCUT2D eigenvalue weighted by atomic mass is 9.78. The van der Waals surface area contributed by atoms with Gasteiger partial charge in [0.05, 0.1) is 0 Å². The summed E-state index contributed by atoms with van der Waals surface area (Å²) in [5.74, 6) is -1.64. The molecule has 25 heavy (non-hydrogen) atoms. The van der Waals surface area contributed by atoms with Crippen LogP contribution < -0.4 is 16.2 Å². The zero-order valence-electron chi connectivity index (χ0n) is 14.9. The maximum atomic E-state index is 12.2. The summed E-state index contributed by atoms with van der Waals surface area (Å²) in [6, 6.07) is 12.6. The number of anilines is 1. The molecule has 2 aromatic rings. The molecule has 2 amide bonds. The molecule has 6 heteroatoms. The summed E-state index contributed by atoms with van der Waals surface area (Å²) in [5.41, 5.74) is 0.390. The van der Waals surface area contributed by atoms with Crippen molar-refractivity contribution in [2.75, 3.05) is 5.32 Å². The first-order valence-electron chi connectivity index (χ1n) is 8.06. The molecular weight excluding hydrogens is 318 g/mol. The fourth-order valence-electron chi connectivity index (χ4n) is 2.43. The normalized spacial score (nSPS) is 12.3. The number of hydrogen-bond donors (Lipinski definition) is 2. The lowest BCUT2D eigenvalue weighted by molar-refractivity contribution is -0.136. The minimum absolute atomic E-state index is 0.0696. The molecule has 0 radical (unpaired) electrons. The van der Waals surface area contributed by atoms with E-state index in [1.165, 1.54) is 10.6 Å². The van der Waals surface area contributed by atoms with Crippen LogP contribution in [0.3, 0.4) is 0 Å². The van der Waals surface area contributed by atoms with E-state index >= 15 is 0 Å². The van der Waals surface area contributed by atoms with Crippen molar-refractivity contribution in [3.05, 3.63) is 64.6 Å². The molecule has 1 atom stereocenters. The molecule has 0 aliphatic rings. The number of carbonyl (C=O) groups excluding carboxylic acids is 2. The predicted molar refractivity (Wildman–Crippen MR) is 97.4 cm³/mol. The van der Waals surface area contributed by atoms with Crippen LogP contribution in [-0.2, 0) is 22.1 Å². The molecule has 0 bridgehead atoms. The van der Waals surface area contributed by atoms with E-state index in [1.54, 1.807) is 19.3 Å². The second-order valence-corrected chi connectivity index (χ2v) is 6.57. The molecule has 0 fully saturated rings. The zero-order chi connectivity index (χ0) is 18.6. The first-order chi connectivity index (χ1) is 11.7. The number of benzene rings is 1. The molecule has 0 aliphatic heterocycles. The van der Waals surface area contributed by atoms with Gasteiger partial charge in [0.2, 0.25) is 0 Å². The van der Waals surface area contributed by atoms with Gasteiger partial charge in [0, 0.05) is 24.7 Å². The Hall–Kier alpha value is -2.89. The molecule has 0 saturated carbocycles. The van der Waals surface area contributed by atoms with Crippen LogP contribution in [0, 0.1) is 0 Å². The van der Waals surface area contributed by atoms with Gasteiger partial charge in [-0.15, -0.1) is 0 Å². The molecular formula is C19H23N3O3. The van der Waals surface area contributed by atoms with E-state index in [-0.39, 0.29) is 22.7 Å². The number of nitrogens with zero attached hydrogens (tertiary/aromatic N) is 1. The van der Waals surface area contributed by atoms with Crippen LogP contribution in [0.2, 0.25) is 0 Å². The summed E-state index contributed by atoms with van der Waals surface area (Å²) in [4.78, 5) is 36.2. The van der Waals surface area contributed by atoms with E-state index in [1.807, 2.05) is 51.1 Å². The topological polar surface area (TPSA) is 80.2 Å². The lowest BCUT2D eigenvalue weighted by Gasteiger charge is -2.32. The van der Waals surface area contributed by atoms with Crippen molar-refractivity contribution in [3.63, 3.8) is 0 Å². The smallest absolute Gasteiger partial charge is 0.313 e. The number of nitrogens with one attached hydrogen (secondary N) is 2. The third-order valence-corrected chi connectivity index (χ3v) is 4.53. The Balaban J connectivity index is 2.07. The van der Waals surface area contributed by atoms with Gasteiger partial charge in [-0.2, -0.15) is 0 Å². The molecule has 2 rings (SSSR count). The van der Waals surface area contributed by atoms with Crippen molar-refractivity contribution >= 4 is 17.5 Å². The summed E-state index contributed by atoms with van der Waals surface area (Å²) in [6.45, 7) is 5.84. The Labute approximate surface area is 146 Å². The molecule has 2 N–H and O–H groups in total. The van der Waals surface area contributed by atoms with Gasteiger partial charge in [-0.1, -0.05) is 44.2 Å². The van der Waals surface area contributed by atoms with Crippen molar-refractivity contribution < 1.29 is 9.59 Å². The van der Waals surface area contributed by atoms with Gasteiger partial charge in [-0.05, 0) is 24.6 Å². The molecule has 1 aromatic carbocycles. The van der Waals surface area contributed by atoms with Crippen LogP contribution in [0.5, 0.6) is 0 Å². The summed E-state index contributed by atoms with van der Waals surface area (Å²) < 4.78 is 1.33. The SMILES string of the molecule is C[C@@H](NC(=O)C(=O)Nc1cccn(C)c1=O)C(C)(C)c1ccccc1. The van der Waals surface area contributed by atoms with Crippen LogP contribution in [-0.4, -0.2) is 22.4 Å². The van der Waals surface area contributed by atoms with E-state index in [0.29, 0.717) is 0 Å². The van der Waals surface area contributed by atoms with Crippen molar-refractivity contribution in [1.29, 1.82) is 0 Å². The molecule has 0 aliphatic carbocycles. The minimum Gasteiger partial charge on any atom is -0.344 e. The molecule has 6 nitrogen and oxygen atoms in total.